The summed E-state index contributed by atoms with van der Waals surface area (Å²) < 4.78 is 30.1. The third-order valence-electron chi connectivity index (χ3n) is 4.55. The molecule has 3 heterocycles. The van der Waals surface area contributed by atoms with Gasteiger partial charge in [-0.25, -0.2) is 13.1 Å². The topological polar surface area (TPSA) is 93.1 Å². The van der Waals surface area contributed by atoms with Crippen LogP contribution in [0.5, 0.6) is 0 Å². The normalized spacial score (nSPS) is 20.2. The number of carbonyl (C=O) groups is 1. The van der Waals surface area contributed by atoms with E-state index in [1.165, 1.54) is 0 Å². The van der Waals surface area contributed by atoms with Crippen LogP contribution in [0.1, 0.15) is 24.1 Å². The van der Waals surface area contributed by atoms with Gasteiger partial charge in [0.1, 0.15) is 0 Å². The summed E-state index contributed by atoms with van der Waals surface area (Å²) in [4.78, 5) is 11.6. The van der Waals surface area contributed by atoms with Gasteiger partial charge in [0.05, 0.1) is 4.90 Å². The van der Waals surface area contributed by atoms with Gasteiger partial charge in [-0.3, -0.25) is 9.48 Å². The highest BCUT2D eigenvalue weighted by molar-refractivity contribution is 7.89. The number of benzene rings is 1. The van der Waals surface area contributed by atoms with Crippen LogP contribution in [0.3, 0.4) is 0 Å². The minimum absolute atomic E-state index is 0.0324. The lowest BCUT2D eigenvalue weighted by Crippen LogP contribution is -2.40. The molecule has 0 saturated heterocycles. The maximum atomic E-state index is 12.7. The number of aromatic nitrogens is 2. The van der Waals surface area contributed by atoms with Crippen molar-refractivity contribution in [1.82, 2.24) is 14.5 Å². The lowest BCUT2D eigenvalue weighted by atomic mass is 10.0. The largest absolute Gasteiger partial charge is 0.326 e. The van der Waals surface area contributed by atoms with Crippen LogP contribution in [0.2, 0.25) is 0 Å². The third-order valence-corrected chi connectivity index (χ3v) is 6.07. The van der Waals surface area contributed by atoms with Crippen LogP contribution < -0.4 is 10.0 Å². The monoisotopic (exact) mass is 346 g/mol. The van der Waals surface area contributed by atoms with E-state index in [0.29, 0.717) is 31.5 Å². The van der Waals surface area contributed by atoms with Gasteiger partial charge in [0.2, 0.25) is 15.9 Å². The van der Waals surface area contributed by atoms with Crippen molar-refractivity contribution in [1.29, 1.82) is 0 Å². The minimum Gasteiger partial charge on any atom is -0.326 e. The van der Waals surface area contributed by atoms with Gasteiger partial charge in [-0.05, 0) is 42.7 Å². The smallest absolute Gasteiger partial charge is 0.240 e. The summed E-state index contributed by atoms with van der Waals surface area (Å²) in [6, 6.07) is 6.65. The molecule has 8 heteroatoms. The number of anilines is 1. The zero-order chi connectivity index (χ0) is 16.7. The summed E-state index contributed by atoms with van der Waals surface area (Å²) in [7, 11) is -3.58. The molecule has 2 aliphatic heterocycles. The molecule has 2 N–H and O–H groups in total. The highest BCUT2D eigenvalue weighted by Gasteiger charge is 2.26. The Hall–Kier alpha value is -2.19. The van der Waals surface area contributed by atoms with Crippen LogP contribution in [0, 0.1) is 0 Å². The van der Waals surface area contributed by atoms with Gasteiger partial charge in [0.15, 0.2) is 0 Å². The van der Waals surface area contributed by atoms with Crippen LogP contribution in [0.15, 0.2) is 35.4 Å². The van der Waals surface area contributed by atoms with Crippen LogP contribution >= 0.6 is 0 Å². The van der Waals surface area contributed by atoms with Gasteiger partial charge in [-0.1, -0.05) is 0 Å². The van der Waals surface area contributed by atoms with E-state index < -0.39 is 10.0 Å². The van der Waals surface area contributed by atoms with Crippen molar-refractivity contribution in [2.45, 2.75) is 43.2 Å². The molecule has 1 unspecified atom stereocenters. The number of hydrogen-bond donors (Lipinski definition) is 2. The summed E-state index contributed by atoms with van der Waals surface area (Å²) in [5.41, 5.74) is 2.60. The van der Waals surface area contributed by atoms with Crippen molar-refractivity contribution < 1.29 is 13.2 Å². The average molecular weight is 346 g/mol. The van der Waals surface area contributed by atoms with Crippen molar-refractivity contribution in [3.63, 3.8) is 0 Å². The minimum atomic E-state index is -3.58. The van der Waals surface area contributed by atoms with Crippen molar-refractivity contribution in [3.05, 3.63) is 41.7 Å². The second kappa shape index (κ2) is 5.71. The molecule has 0 aliphatic carbocycles. The molecule has 24 heavy (non-hydrogen) atoms. The first kappa shape index (κ1) is 15.3. The lowest BCUT2D eigenvalue weighted by molar-refractivity contribution is -0.116. The maximum Gasteiger partial charge on any atom is 0.240 e. The fourth-order valence-electron chi connectivity index (χ4n) is 3.28. The van der Waals surface area contributed by atoms with Gasteiger partial charge in [0.25, 0.3) is 0 Å². The number of nitrogens with one attached hydrogen (secondary N) is 2. The average Bonchev–Trinajstić information content (AvgIpc) is 3.01. The number of amides is 1. The van der Waals surface area contributed by atoms with Crippen molar-refractivity contribution in [3.8, 4) is 0 Å². The number of hydrogen-bond acceptors (Lipinski definition) is 4. The quantitative estimate of drug-likeness (QED) is 0.869. The Labute approximate surface area is 140 Å². The molecule has 126 valence electrons. The summed E-state index contributed by atoms with van der Waals surface area (Å²) in [6.07, 6.45) is 4.04. The highest BCUT2D eigenvalue weighted by Crippen LogP contribution is 2.26. The SMILES string of the molecule is O=C1CCc2cc(S(=O)(=O)NC3CCn4nccc4C3)ccc2N1. The predicted octanol–water partition coefficient (Wildman–Crippen LogP) is 1.06. The molecule has 2 aromatic rings. The first-order chi connectivity index (χ1) is 11.5. The predicted molar refractivity (Wildman–Crippen MR) is 88.1 cm³/mol. The number of fused-ring (bicyclic) bond motifs is 2. The van der Waals surface area contributed by atoms with E-state index in [1.54, 1.807) is 24.4 Å². The lowest BCUT2D eigenvalue weighted by Gasteiger charge is -2.24. The van der Waals surface area contributed by atoms with Gasteiger partial charge < -0.3 is 5.32 Å². The van der Waals surface area contributed by atoms with Crippen LogP contribution in [0.25, 0.3) is 0 Å². The van der Waals surface area contributed by atoms with Crippen molar-refractivity contribution in [2.75, 3.05) is 5.32 Å². The van der Waals surface area contributed by atoms with Crippen molar-refractivity contribution >= 4 is 21.6 Å². The molecule has 1 aromatic heterocycles. The number of nitrogens with zero attached hydrogens (tertiary/aromatic N) is 2. The Kier molecular flexibility index (Phi) is 3.65. The molecule has 1 atom stereocenters. The van der Waals surface area contributed by atoms with E-state index in [4.69, 9.17) is 0 Å². The Balaban J connectivity index is 1.54. The van der Waals surface area contributed by atoms with Gasteiger partial charge in [0, 0.05) is 43.0 Å². The molecule has 0 radical (unpaired) electrons. The zero-order valence-electron chi connectivity index (χ0n) is 13.0. The van der Waals surface area contributed by atoms with E-state index in [2.05, 4.69) is 15.1 Å². The zero-order valence-corrected chi connectivity index (χ0v) is 13.8. The number of rotatable bonds is 3. The molecular formula is C16H18N4O3S. The molecule has 0 saturated carbocycles. The number of sulfonamides is 1. The van der Waals surface area contributed by atoms with Gasteiger partial charge in [-0.2, -0.15) is 5.10 Å². The van der Waals surface area contributed by atoms with E-state index in [0.717, 1.165) is 17.7 Å². The Bertz CT molecular complexity index is 904. The van der Waals surface area contributed by atoms with Crippen molar-refractivity contribution in [2.24, 2.45) is 0 Å². The van der Waals surface area contributed by atoms with Crippen LogP contribution in [0.4, 0.5) is 5.69 Å². The number of aryl methyl sites for hydroxylation is 2. The first-order valence-corrected chi connectivity index (χ1v) is 9.45. The molecule has 1 amide bonds. The first-order valence-electron chi connectivity index (χ1n) is 7.97. The second-order valence-electron chi connectivity index (χ2n) is 6.22. The molecule has 0 spiro atoms. The molecule has 1 aromatic carbocycles. The number of carbonyl (C=O) groups excluding carboxylic acids is 1. The summed E-state index contributed by atoms with van der Waals surface area (Å²) in [5.74, 6) is -0.0324. The molecule has 7 nitrogen and oxygen atoms in total. The molecule has 0 fully saturated rings. The van der Waals surface area contributed by atoms with E-state index in [-0.39, 0.29) is 16.8 Å². The Morgan fingerprint density at radius 1 is 1.25 bits per heavy atom. The second-order valence-corrected chi connectivity index (χ2v) is 7.94. The highest BCUT2D eigenvalue weighted by atomic mass is 32.2. The van der Waals surface area contributed by atoms with E-state index >= 15 is 0 Å². The molecule has 0 bridgehead atoms. The van der Waals surface area contributed by atoms with Gasteiger partial charge in [-0.15, -0.1) is 0 Å². The standard InChI is InChI=1S/C16H18N4O3S/c21-16-4-1-11-9-14(2-3-15(11)18-16)24(22,23)19-12-6-8-20-13(10-12)5-7-17-20/h2-3,5,7,9,12,19H,1,4,6,8,10H2,(H,18,21). The Morgan fingerprint density at radius 3 is 3.00 bits per heavy atom. The molecule has 2 aliphatic rings. The van der Waals surface area contributed by atoms with E-state index in [1.807, 2.05) is 10.7 Å². The third kappa shape index (κ3) is 2.83. The van der Waals surface area contributed by atoms with Crippen LogP contribution in [-0.4, -0.2) is 30.1 Å². The molecule has 4 rings (SSSR count). The van der Waals surface area contributed by atoms with Crippen LogP contribution in [-0.2, 0) is 34.2 Å². The fourth-order valence-corrected chi connectivity index (χ4v) is 4.60. The summed E-state index contributed by atoms with van der Waals surface area (Å²) in [5, 5.41) is 6.97. The van der Waals surface area contributed by atoms with E-state index in [9.17, 15) is 13.2 Å². The maximum absolute atomic E-state index is 12.7. The summed E-state index contributed by atoms with van der Waals surface area (Å²) >= 11 is 0. The van der Waals surface area contributed by atoms with Gasteiger partial charge >= 0.3 is 0 Å². The Morgan fingerprint density at radius 2 is 2.12 bits per heavy atom. The fraction of sp³-hybridized carbons (Fsp3) is 0.375. The summed E-state index contributed by atoms with van der Waals surface area (Å²) in [6.45, 7) is 0.714. The molecular weight excluding hydrogens is 328 g/mol.